The molecule has 0 amide bonds. The van der Waals surface area contributed by atoms with E-state index in [1.54, 1.807) is 16.4 Å². The molecule has 0 fully saturated rings. The number of nitrogens with zero attached hydrogens (tertiary/aromatic N) is 3. The largest absolute Gasteiger partial charge is 0.396 e. The SMILES string of the molecule is CC(CO)CSc1ncnn1C. The van der Waals surface area contributed by atoms with Crippen molar-refractivity contribution in [1.29, 1.82) is 0 Å². The van der Waals surface area contributed by atoms with E-state index in [9.17, 15) is 0 Å². The van der Waals surface area contributed by atoms with Crippen LogP contribution >= 0.6 is 11.8 Å². The fourth-order valence-corrected chi connectivity index (χ4v) is 1.58. The van der Waals surface area contributed by atoms with E-state index in [1.165, 1.54) is 6.33 Å². The van der Waals surface area contributed by atoms with E-state index in [0.29, 0.717) is 5.92 Å². The first-order valence-corrected chi connectivity index (χ1v) is 4.80. The van der Waals surface area contributed by atoms with Crippen LogP contribution in [0.1, 0.15) is 6.92 Å². The third-order valence-electron chi connectivity index (χ3n) is 1.48. The van der Waals surface area contributed by atoms with E-state index in [-0.39, 0.29) is 6.61 Å². The van der Waals surface area contributed by atoms with Gasteiger partial charge in [0.25, 0.3) is 0 Å². The van der Waals surface area contributed by atoms with Gasteiger partial charge in [-0.25, -0.2) is 9.67 Å². The van der Waals surface area contributed by atoms with Gasteiger partial charge in [0.1, 0.15) is 6.33 Å². The van der Waals surface area contributed by atoms with Crippen molar-refractivity contribution in [3.05, 3.63) is 6.33 Å². The molecule has 68 valence electrons. The molecule has 1 unspecified atom stereocenters. The molecule has 0 aromatic carbocycles. The van der Waals surface area contributed by atoms with Gasteiger partial charge in [-0.1, -0.05) is 18.7 Å². The first kappa shape index (κ1) is 9.54. The first-order chi connectivity index (χ1) is 5.74. The average Bonchev–Trinajstić information content (AvgIpc) is 2.47. The van der Waals surface area contributed by atoms with Gasteiger partial charge < -0.3 is 5.11 Å². The zero-order valence-electron chi connectivity index (χ0n) is 7.27. The van der Waals surface area contributed by atoms with Crippen LogP contribution in [0.4, 0.5) is 0 Å². The van der Waals surface area contributed by atoms with Crippen LogP contribution < -0.4 is 0 Å². The lowest BCUT2D eigenvalue weighted by molar-refractivity contribution is 0.250. The Morgan fingerprint density at radius 1 is 1.75 bits per heavy atom. The zero-order valence-corrected chi connectivity index (χ0v) is 8.08. The van der Waals surface area contributed by atoms with Crippen molar-refractivity contribution in [2.24, 2.45) is 13.0 Å². The third kappa shape index (κ3) is 2.49. The van der Waals surface area contributed by atoms with Crippen molar-refractivity contribution in [1.82, 2.24) is 14.8 Å². The van der Waals surface area contributed by atoms with Crippen LogP contribution in [0.15, 0.2) is 11.5 Å². The molecule has 1 N–H and O–H groups in total. The minimum Gasteiger partial charge on any atom is -0.396 e. The minimum atomic E-state index is 0.227. The lowest BCUT2D eigenvalue weighted by atomic mass is 10.2. The van der Waals surface area contributed by atoms with Crippen molar-refractivity contribution in [3.63, 3.8) is 0 Å². The number of hydrogen-bond donors (Lipinski definition) is 1. The predicted octanol–water partition coefficient (Wildman–Crippen LogP) is 0.536. The van der Waals surface area contributed by atoms with Crippen molar-refractivity contribution in [2.45, 2.75) is 12.1 Å². The van der Waals surface area contributed by atoms with Crippen LogP contribution in [0.25, 0.3) is 0 Å². The van der Waals surface area contributed by atoms with E-state index < -0.39 is 0 Å². The van der Waals surface area contributed by atoms with Gasteiger partial charge in [-0.3, -0.25) is 0 Å². The maximum Gasteiger partial charge on any atom is 0.185 e. The highest BCUT2D eigenvalue weighted by Gasteiger charge is 2.04. The van der Waals surface area contributed by atoms with E-state index >= 15 is 0 Å². The van der Waals surface area contributed by atoms with Gasteiger partial charge in [0, 0.05) is 19.4 Å². The fourth-order valence-electron chi connectivity index (χ4n) is 0.686. The standard InChI is InChI=1S/C7H13N3OS/c1-6(3-11)4-12-7-8-5-9-10(7)2/h5-6,11H,3-4H2,1-2H3. The number of aromatic nitrogens is 3. The Morgan fingerprint density at radius 2 is 2.50 bits per heavy atom. The van der Waals surface area contributed by atoms with Gasteiger partial charge in [0.2, 0.25) is 0 Å². The molecule has 0 aliphatic heterocycles. The number of thioether (sulfide) groups is 1. The number of hydrogen-bond acceptors (Lipinski definition) is 4. The van der Waals surface area contributed by atoms with E-state index in [0.717, 1.165) is 10.9 Å². The second kappa shape index (κ2) is 4.47. The molecular formula is C7H13N3OS. The van der Waals surface area contributed by atoms with E-state index in [1.807, 2.05) is 14.0 Å². The van der Waals surface area contributed by atoms with Crippen LogP contribution in [0.5, 0.6) is 0 Å². The quantitative estimate of drug-likeness (QED) is 0.699. The fraction of sp³-hybridized carbons (Fsp3) is 0.714. The zero-order chi connectivity index (χ0) is 8.97. The summed E-state index contributed by atoms with van der Waals surface area (Å²) in [5.41, 5.74) is 0. The van der Waals surface area contributed by atoms with Gasteiger partial charge in [-0.15, -0.1) is 0 Å². The Morgan fingerprint density at radius 3 is 3.00 bits per heavy atom. The van der Waals surface area contributed by atoms with Crippen LogP contribution in [0.2, 0.25) is 0 Å². The van der Waals surface area contributed by atoms with Gasteiger partial charge in [0.05, 0.1) is 0 Å². The number of rotatable bonds is 4. The molecule has 1 heterocycles. The summed E-state index contributed by atoms with van der Waals surface area (Å²) in [6, 6.07) is 0. The maximum atomic E-state index is 8.78. The second-order valence-electron chi connectivity index (χ2n) is 2.76. The molecule has 1 atom stereocenters. The number of aliphatic hydroxyl groups excluding tert-OH is 1. The Labute approximate surface area is 76.0 Å². The summed E-state index contributed by atoms with van der Waals surface area (Å²) in [5, 5.41) is 13.6. The smallest absolute Gasteiger partial charge is 0.185 e. The molecule has 0 spiro atoms. The monoisotopic (exact) mass is 187 g/mol. The molecular weight excluding hydrogens is 174 g/mol. The average molecular weight is 187 g/mol. The summed E-state index contributed by atoms with van der Waals surface area (Å²) in [4.78, 5) is 4.06. The summed E-state index contributed by atoms with van der Waals surface area (Å²) in [5.74, 6) is 1.19. The van der Waals surface area contributed by atoms with E-state index in [2.05, 4.69) is 10.1 Å². The molecule has 4 nitrogen and oxygen atoms in total. The number of aryl methyl sites for hydroxylation is 1. The summed E-state index contributed by atoms with van der Waals surface area (Å²) in [6.45, 7) is 2.23. The predicted molar refractivity (Wildman–Crippen MR) is 48.0 cm³/mol. The van der Waals surface area contributed by atoms with Crippen molar-refractivity contribution >= 4 is 11.8 Å². The molecule has 0 radical (unpaired) electrons. The van der Waals surface area contributed by atoms with Gasteiger partial charge in [-0.2, -0.15) is 5.10 Å². The van der Waals surface area contributed by atoms with Crippen molar-refractivity contribution in [2.75, 3.05) is 12.4 Å². The molecule has 1 rings (SSSR count). The van der Waals surface area contributed by atoms with Gasteiger partial charge >= 0.3 is 0 Å². The normalized spacial score (nSPS) is 13.2. The highest BCUT2D eigenvalue weighted by Crippen LogP contribution is 2.16. The van der Waals surface area contributed by atoms with Crippen LogP contribution in [-0.4, -0.2) is 32.2 Å². The second-order valence-corrected chi connectivity index (χ2v) is 3.75. The summed E-state index contributed by atoms with van der Waals surface area (Å²) in [7, 11) is 1.86. The highest BCUT2D eigenvalue weighted by molar-refractivity contribution is 7.99. The van der Waals surface area contributed by atoms with Gasteiger partial charge in [-0.05, 0) is 5.92 Å². The third-order valence-corrected chi connectivity index (χ3v) is 2.84. The number of aliphatic hydroxyl groups is 1. The van der Waals surface area contributed by atoms with Crippen LogP contribution in [-0.2, 0) is 7.05 Å². The minimum absolute atomic E-state index is 0.227. The molecule has 5 heteroatoms. The van der Waals surface area contributed by atoms with Crippen molar-refractivity contribution < 1.29 is 5.11 Å². The molecule has 0 saturated heterocycles. The maximum absolute atomic E-state index is 8.78. The molecule has 0 aliphatic rings. The van der Waals surface area contributed by atoms with Crippen LogP contribution in [0, 0.1) is 5.92 Å². The van der Waals surface area contributed by atoms with Gasteiger partial charge in [0.15, 0.2) is 5.16 Å². The Bertz CT molecular complexity index is 238. The molecule has 0 bridgehead atoms. The Hall–Kier alpha value is -0.550. The topological polar surface area (TPSA) is 50.9 Å². The Kier molecular flexibility index (Phi) is 3.55. The Balaban J connectivity index is 2.38. The molecule has 0 saturated carbocycles. The molecule has 0 aliphatic carbocycles. The lowest BCUT2D eigenvalue weighted by Gasteiger charge is -2.05. The summed E-state index contributed by atoms with van der Waals surface area (Å²) >= 11 is 1.62. The highest BCUT2D eigenvalue weighted by atomic mass is 32.2. The first-order valence-electron chi connectivity index (χ1n) is 3.81. The van der Waals surface area contributed by atoms with E-state index in [4.69, 9.17) is 5.11 Å². The molecule has 1 aromatic rings. The van der Waals surface area contributed by atoms with Crippen LogP contribution in [0.3, 0.4) is 0 Å². The summed E-state index contributed by atoms with van der Waals surface area (Å²) < 4.78 is 1.73. The van der Waals surface area contributed by atoms with Crippen molar-refractivity contribution in [3.8, 4) is 0 Å². The summed E-state index contributed by atoms with van der Waals surface area (Å²) in [6.07, 6.45) is 1.53. The molecule has 12 heavy (non-hydrogen) atoms. The molecule has 1 aromatic heterocycles. The lowest BCUT2D eigenvalue weighted by Crippen LogP contribution is -2.04.